The molecule has 0 aliphatic rings. The molecule has 0 fully saturated rings. The molecule has 1 aromatic heterocycles. The molecular formula is C18H13BrN2O3. The first kappa shape index (κ1) is 16.1. The highest BCUT2D eigenvalue weighted by Crippen LogP contribution is 2.23. The van der Waals surface area contributed by atoms with Gasteiger partial charge in [0.2, 0.25) is 5.55 Å². The van der Waals surface area contributed by atoms with Crippen LogP contribution in [0, 0.1) is 5.41 Å². The summed E-state index contributed by atoms with van der Waals surface area (Å²) >= 11 is 3.36. The average molecular weight is 385 g/mol. The summed E-state index contributed by atoms with van der Waals surface area (Å²) in [5.41, 5.74) is 1.55. The van der Waals surface area contributed by atoms with Crippen LogP contribution in [0.5, 0.6) is 0 Å². The third kappa shape index (κ3) is 3.14. The third-order valence-corrected chi connectivity index (χ3v) is 4.16. The monoisotopic (exact) mass is 384 g/mol. The molecule has 5 nitrogen and oxygen atoms in total. The van der Waals surface area contributed by atoms with Gasteiger partial charge in [0.25, 0.3) is 5.91 Å². The van der Waals surface area contributed by atoms with Gasteiger partial charge in [-0.3, -0.25) is 15.0 Å². The van der Waals surface area contributed by atoms with Crippen LogP contribution in [-0.4, -0.2) is 11.7 Å². The van der Waals surface area contributed by atoms with Gasteiger partial charge in [-0.25, -0.2) is 0 Å². The van der Waals surface area contributed by atoms with Crippen LogP contribution >= 0.6 is 15.9 Å². The number of benzene rings is 2. The van der Waals surface area contributed by atoms with E-state index >= 15 is 0 Å². The highest BCUT2D eigenvalue weighted by atomic mass is 79.9. The Kier molecular flexibility index (Phi) is 4.31. The van der Waals surface area contributed by atoms with Crippen molar-refractivity contribution in [3.8, 4) is 0 Å². The van der Waals surface area contributed by atoms with Crippen molar-refractivity contribution in [3.05, 3.63) is 69.7 Å². The van der Waals surface area contributed by atoms with Crippen molar-refractivity contribution in [2.45, 2.75) is 6.92 Å². The summed E-state index contributed by atoms with van der Waals surface area (Å²) in [5, 5.41) is 11.4. The van der Waals surface area contributed by atoms with Gasteiger partial charge in [0.05, 0.1) is 4.47 Å². The molecule has 0 saturated heterocycles. The lowest BCUT2D eigenvalue weighted by Gasteiger charge is -2.07. The summed E-state index contributed by atoms with van der Waals surface area (Å²) in [5.74, 6) is -0.485. The Hall–Kier alpha value is -2.73. The standard InChI is InChI=1S/C18H13BrN2O3/c1-10(22)11-5-7-13(8-6-11)21-18(23)14-9-12-3-2-4-15(19)16(12)24-17(14)20/h2-9,20H,1H3,(H,21,23). The Morgan fingerprint density at radius 3 is 2.50 bits per heavy atom. The Balaban J connectivity index is 1.92. The second kappa shape index (κ2) is 6.41. The van der Waals surface area contributed by atoms with Crippen LogP contribution < -0.4 is 10.9 Å². The minimum absolute atomic E-state index is 0.0415. The molecule has 3 aromatic rings. The fourth-order valence-electron chi connectivity index (χ4n) is 2.28. The number of amides is 1. The molecule has 2 aromatic carbocycles. The maximum Gasteiger partial charge on any atom is 0.261 e. The minimum Gasteiger partial charge on any atom is -0.437 e. The summed E-state index contributed by atoms with van der Waals surface area (Å²) in [4.78, 5) is 23.7. The smallest absolute Gasteiger partial charge is 0.261 e. The van der Waals surface area contributed by atoms with Gasteiger partial charge in [-0.1, -0.05) is 12.1 Å². The van der Waals surface area contributed by atoms with E-state index in [1.54, 1.807) is 30.3 Å². The second-order valence-corrected chi connectivity index (χ2v) is 6.09. The Labute approximate surface area is 145 Å². The lowest BCUT2D eigenvalue weighted by atomic mass is 10.1. The van der Waals surface area contributed by atoms with Gasteiger partial charge in [-0.15, -0.1) is 0 Å². The molecule has 1 amide bonds. The number of hydrogen-bond donors (Lipinski definition) is 2. The molecule has 0 saturated carbocycles. The van der Waals surface area contributed by atoms with Crippen molar-refractivity contribution in [2.75, 3.05) is 5.32 Å². The van der Waals surface area contributed by atoms with Crippen molar-refractivity contribution in [2.24, 2.45) is 0 Å². The van der Waals surface area contributed by atoms with Gasteiger partial charge in [0.15, 0.2) is 11.4 Å². The first-order chi connectivity index (χ1) is 11.5. The molecule has 6 heteroatoms. The number of carbonyl (C=O) groups is 2. The number of nitrogens with one attached hydrogen (secondary N) is 2. The van der Waals surface area contributed by atoms with E-state index in [-0.39, 0.29) is 16.9 Å². The number of rotatable bonds is 3. The largest absolute Gasteiger partial charge is 0.437 e. The van der Waals surface area contributed by atoms with E-state index in [0.717, 1.165) is 9.86 Å². The summed E-state index contributed by atoms with van der Waals surface area (Å²) in [7, 11) is 0. The van der Waals surface area contributed by atoms with Crippen LogP contribution in [0.4, 0.5) is 5.69 Å². The molecule has 0 radical (unpaired) electrons. The number of ketones is 1. The molecule has 1 heterocycles. The summed E-state index contributed by atoms with van der Waals surface area (Å²) in [6.07, 6.45) is 0. The number of halogens is 1. The zero-order valence-corrected chi connectivity index (χ0v) is 14.3. The van der Waals surface area contributed by atoms with Gasteiger partial charge < -0.3 is 9.73 Å². The maximum absolute atomic E-state index is 12.4. The fraction of sp³-hybridized carbons (Fsp3) is 0.0556. The van der Waals surface area contributed by atoms with E-state index in [1.165, 1.54) is 6.92 Å². The van der Waals surface area contributed by atoms with Crippen LogP contribution in [0.15, 0.2) is 57.4 Å². The molecular weight excluding hydrogens is 372 g/mol. The van der Waals surface area contributed by atoms with Gasteiger partial charge in [-0.05, 0) is 59.3 Å². The van der Waals surface area contributed by atoms with Crippen molar-refractivity contribution in [1.29, 1.82) is 5.41 Å². The SMILES string of the molecule is CC(=O)c1ccc(NC(=O)c2cc3cccc(Br)c3oc2=N)cc1. The highest BCUT2D eigenvalue weighted by molar-refractivity contribution is 9.10. The van der Waals surface area contributed by atoms with Gasteiger partial charge in [0, 0.05) is 16.6 Å². The number of anilines is 1. The van der Waals surface area contributed by atoms with E-state index in [4.69, 9.17) is 9.83 Å². The van der Waals surface area contributed by atoms with E-state index in [0.29, 0.717) is 16.8 Å². The molecule has 0 aliphatic carbocycles. The number of carbonyl (C=O) groups excluding carboxylic acids is 2. The van der Waals surface area contributed by atoms with Crippen molar-refractivity contribution in [3.63, 3.8) is 0 Å². The highest BCUT2D eigenvalue weighted by Gasteiger charge is 2.13. The average Bonchev–Trinajstić information content (AvgIpc) is 2.55. The van der Waals surface area contributed by atoms with Crippen LogP contribution in [0.1, 0.15) is 27.6 Å². The molecule has 24 heavy (non-hydrogen) atoms. The fourth-order valence-corrected chi connectivity index (χ4v) is 2.74. The number of Topliss-reactive ketones (excluding diaryl/α,β-unsaturated/α-hetero) is 1. The Morgan fingerprint density at radius 2 is 1.83 bits per heavy atom. The zero-order chi connectivity index (χ0) is 17.3. The topological polar surface area (TPSA) is 83.2 Å². The van der Waals surface area contributed by atoms with Crippen LogP contribution in [0.2, 0.25) is 0 Å². The number of fused-ring (bicyclic) bond motifs is 1. The van der Waals surface area contributed by atoms with Gasteiger partial charge >= 0.3 is 0 Å². The Bertz CT molecular complexity index is 1010. The molecule has 0 atom stereocenters. The van der Waals surface area contributed by atoms with Crippen LogP contribution in [0.3, 0.4) is 0 Å². The van der Waals surface area contributed by atoms with Crippen molar-refractivity contribution < 1.29 is 14.0 Å². The van der Waals surface area contributed by atoms with Gasteiger partial charge in [0.1, 0.15) is 5.56 Å². The first-order valence-corrected chi connectivity index (χ1v) is 7.94. The molecule has 0 unspecified atom stereocenters. The number of para-hydroxylation sites is 1. The molecule has 0 bridgehead atoms. The minimum atomic E-state index is -0.443. The quantitative estimate of drug-likeness (QED) is 0.665. The second-order valence-electron chi connectivity index (χ2n) is 5.24. The predicted octanol–water partition coefficient (Wildman–Crippen LogP) is 4.13. The van der Waals surface area contributed by atoms with E-state index < -0.39 is 5.91 Å². The van der Waals surface area contributed by atoms with Gasteiger partial charge in [-0.2, -0.15) is 0 Å². The molecule has 2 N–H and O–H groups in total. The van der Waals surface area contributed by atoms with Crippen molar-refractivity contribution in [1.82, 2.24) is 0 Å². The van der Waals surface area contributed by atoms with Crippen molar-refractivity contribution >= 4 is 44.3 Å². The molecule has 120 valence electrons. The first-order valence-electron chi connectivity index (χ1n) is 7.15. The van der Waals surface area contributed by atoms with E-state index in [2.05, 4.69) is 21.2 Å². The van der Waals surface area contributed by atoms with Crippen LogP contribution in [-0.2, 0) is 0 Å². The molecule has 0 aliphatic heterocycles. The summed E-state index contributed by atoms with van der Waals surface area (Å²) < 4.78 is 6.17. The van der Waals surface area contributed by atoms with E-state index in [1.807, 2.05) is 18.2 Å². The number of hydrogen-bond acceptors (Lipinski definition) is 4. The Morgan fingerprint density at radius 1 is 1.12 bits per heavy atom. The van der Waals surface area contributed by atoms with Crippen LogP contribution in [0.25, 0.3) is 11.0 Å². The lowest BCUT2D eigenvalue weighted by Crippen LogP contribution is -2.20. The predicted molar refractivity (Wildman–Crippen MR) is 94.2 cm³/mol. The molecule has 0 spiro atoms. The normalized spacial score (nSPS) is 10.6. The lowest BCUT2D eigenvalue weighted by molar-refractivity contribution is 0.101. The summed E-state index contributed by atoms with van der Waals surface area (Å²) in [6.45, 7) is 1.48. The summed E-state index contributed by atoms with van der Waals surface area (Å²) in [6, 6.07) is 13.6. The zero-order valence-electron chi connectivity index (χ0n) is 12.7. The molecule has 3 rings (SSSR count). The third-order valence-electron chi connectivity index (χ3n) is 3.54. The maximum atomic E-state index is 12.4. The van der Waals surface area contributed by atoms with E-state index in [9.17, 15) is 9.59 Å².